The maximum atomic E-state index is 11.9. The highest BCUT2D eigenvalue weighted by molar-refractivity contribution is 5.32. The van der Waals surface area contributed by atoms with Crippen molar-refractivity contribution < 1.29 is 23.0 Å². The molecule has 1 aromatic heterocycles. The number of aliphatic hydroxyl groups is 1. The van der Waals surface area contributed by atoms with Crippen LogP contribution >= 0.6 is 0 Å². The minimum atomic E-state index is -4.90. The topological polar surface area (TPSA) is 62.3 Å². The standard InChI is InChI=1S/C8H8F3NO3/c1-4-2-6(14)12-7(5(4)3-13)15-8(9,10)11/h2,13H,3H2,1H3,(H,12,14). The highest BCUT2D eigenvalue weighted by Crippen LogP contribution is 2.24. The summed E-state index contributed by atoms with van der Waals surface area (Å²) in [6.45, 7) is 0.762. The van der Waals surface area contributed by atoms with Crippen LogP contribution in [0.3, 0.4) is 0 Å². The van der Waals surface area contributed by atoms with Crippen LogP contribution < -0.4 is 10.3 Å². The predicted octanol–water partition coefficient (Wildman–Crippen LogP) is 1.07. The Morgan fingerprint density at radius 3 is 2.60 bits per heavy atom. The monoisotopic (exact) mass is 223 g/mol. The number of rotatable bonds is 2. The quantitative estimate of drug-likeness (QED) is 0.788. The third-order valence-corrected chi connectivity index (χ3v) is 1.71. The zero-order valence-electron chi connectivity index (χ0n) is 7.68. The van der Waals surface area contributed by atoms with E-state index in [0.717, 1.165) is 6.07 Å². The first kappa shape index (κ1) is 11.6. The zero-order valence-corrected chi connectivity index (χ0v) is 7.68. The smallest absolute Gasteiger partial charge is 0.391 e. The van der Waals surface area contributed by atoms with E-state index < -0.39 is 24.4 Å². The molecule has 0 aliphatic carbocycles. The second-order valence-corrected chi connectivity index (χ2v) is 2.83. The van der Waals surface area contributed by atoms with Crippen molar-refractivity contribution in [3.8, 4) is 5.88 Å². The molecule has 0 aromatic carbocycles. The molecule has 0 saturated carbocycles. The normalized spacial score (nSPS) is 11.5. The van der Waals surface area contributed by atoms with Crippen molar-refractivity contribution >= 4 is 0 Å². The summed E-state index contributed by atoms with van der Waals surface area (Å²) in [5.74, 6) is -0.769. The molecule has 0 saturated heterocycles. The van der Waals surface area contributed by atoms with E-state index >= 15 is 0 Å². The summed E-state index contributed by atoms with van der Waals surface area (Å²) < 4.78 is 39.3. The van der Waals surface area contributed by atoms with Crippen molar-refractivity contribution in [1.82, 2.24) is 4.98 Å². The molecule has 0 fully saturated rings. The Bertz CT molecular complexity index is 411. The van der Waals surface area contributed by atoms with E-state index in [1.807, 2.05) is 4.98 Å². The molecule has 7 heteroatoms. The maximum absolute atomic E-state index is 11.9. The number of aromatic nitrogens is 1. The van der Waals surface area contributed by atoms with Gasteiger partial charge in [0.15, 0.2) is 0 Å². The van der Waals surface area contributed by atoms with E-state index in [0.29, 0.717) is 0 Å². The average Bonchev–Trinajstić information content (AvgIpc) is 1.99. The van der Waals surface area contributed by atoms with Crippen molar-refractivity contribution in [1.29, 1.82) is 0 Å². The van der Waals surface area contributed by atoms with Gasteiger partial charge in [0.05, 0.1) is 6.61 Å². The first-order valence-corrected chi connectivity index (χ1v) is 3.93. The molecular weight excluding hydrogens is 215 g/mol. The number of pyridine rings is 1. The van der Waals surface area contributed by atoms with Crippen molar-refractivity contribution in [2.75, 3.05) is 0 Å². The van der Waals surface area contributed by atoms with E-state index in [1.54, 1.807) is 0 Å². The lowest BCUT2D eigenvalue weighted by Crippen LogP contribution is -2.22. The SMILES string of the molecule is Cc1cc(=O)[nH]c(OC(F)(F)F)c1CO. The Morgan fingerprint density at radius 1 is 1.53 bits per heavy atom. The lowest BCUT2D eigenvalue weighted by molar-refractivity contribution is -0.276. The molecule has 2 N–H and O–H groups in total. The molecular formula is C8H8F3NO3. The molecule has 1 rings (SSSR count). The summed E-state index contributed by atoms with van der Waals surface area (Å²) in [5, 5.41) is 8.82. The van der Waals surface area contributed by atoms with Gasteiger partial charge in [-0.05, 0) is 12.5 Å². The molecule has 1 heterocycles. The summed E-state index contributed by atoms with van der Waals surface area (Å²) in [6.07, 6.45) is -4.90. The number of H-pyrrole nitrogens is 1. The van der Waals surface area contributed by atoms with Gasteiger partial charge in [0.2, 0.25) is 5.88 Å². The van der Waals surface area contributed by atoms with Gasteiger partial charge < -0.3 is 9.84 Å². The fourth-order valence-corrected chi connectivity index (χ4v) is 1.09. The lowest BCUT2D eigenvalue weighted by Gasteiger charge is -2.12. The molecule has 0 bridgehead atoms. The van der Waals surface area contributed by atoms with Gasteiger partial charge in [0.25, 0.3) is 5.56 Å². The second-order valence-electron chi connectivity index (χ2n) is 2.83. The number of aryl methyl sites for hydroxylation is 1. The fraction of sp³-hybridized carbons (Fsp3) is 0.375. The molecule has 0 aliphatic heterocycles. The molecule has 1 aromatic rings. The van der Waals surface area contributed by atoms with Crippen LogP contribution in [-0.4, -0.2) is 16.5 Å². The summed E-state index contributed by atoms with van der Waals surface area (Å²) >= 11 is 0. The van der Waals surface area contributed by atoms with Gasteiger partial charge in [-0.15, -0.1) is 13.2 Å². The number of nitrogens with one attached hydrogen (secondary N) is 1. The molecule has 0 radical (unpaired) electrons. The highest BCUT2D eigenvalue weighted by Gasteiger charge is 2.32. The van der Waals surface area contributed by atoms with Gasteiger partial charge in [-0.1, -0.05) is 0 Å². The third-order valence-electron chi connectivity index (χ3n) is 1.71. The Hall–Kier alpha value is -1.50. The van der Waals surface area contributed by atoms with E-state index in [4.69, 9.17) is 5.11 Å². The molecule has 0 atom stereocenters. The van der Waals surface area contributed by atoms with Gasteiger partial charge in [-0.2, -0.15) is 0 Å². The maximum Gasteiger partial charge on any atom is 0.574 e. The first-order valence-electron chi connectivity index (χ1n) is 3.93. The lowest BCUT2D eigenvalue weighted by atomic mass is 10.1. The first-order chi connectivity index (χ1) is 6.83. The van der Waals surface area contributed by atoms with Gasteiger partial charge in [0, 0.05) is 11.6 Å². The Morgan fingerprint density at radius 2 is 2.13 bits per heavy atom. The van der Waals surface area contributed by atoms with E-state index in [1.165, 1.54) is 6.92 Å². The second kappa shape index (κ2) is 3.93. The molecule has 0 amide bonds. The molecule has 4 nitrogen and oxygen atoms in total. The van der Waals surface area contributed by atoms with Crippen LogP contribution in [0.25, 0.3) is 0 Å². The van der Waals surface area contributed by atoms with Crippen molar-refractivity contribution in [3.05, 3.63) is 27.5 Å². The van der Waals surface area contributed by atoms with Crippen molar-refractivity contribution in [2.45, 2.75) is 19.9 Å². The van der Waals surface area contributed by atoms with Gasteiger partial charge >= 0.3 is 6.36 Å². The highest BCUT2D eigenvalue weighted by atomic mass is 19.4. The number of aromatic amines is 1. The Kier molecular flexibility index (Phi) is 3.04. The van der Waals surface area contributed by atoms with Crippen LogP contribution in [-0.2, 0) is 6.61 Å². The summed E-state index contributed by atoms with van der Waals surface area (Å²) in [4.78, 5) is 12.7. The van der Waals surface area contributed by atoms with Gasteiger partial charge in [0.1, 0.15) is 0 Å². The number of ether oxygens (including phenoxy) is 1. The summed E-state index contributed by atoms with van der Waals surface area (Å²) in [6, 6.07) is 1.08. The number of halogens is 3. The van der Waals surface area contributed by atoms with Crippen LogP contribution in [0.1, 0.15) is 11.1 Å². The van der Waals surface area contributed by atoms with Gasteiger partial charge in [-0.25, -0.2) is 0 Å². The molecule has 15 heavy (non-hydrogen) atoms. The van der Waals surface area contributed by atoms with Crippen molar-refractivity contribution in [3.63, 3.8) is 0 Å². The largest absolute Gasteiger partial charge is 0.574 e. The summed E-state index contributed by atoms with van der Waals surface area (Å²) in [5.41, 5.74) is -0.573. The van der Waals surface area contributed by atoms with Crippen LogP contribution in [0, 0.1) is 6.92 Å². The van der Waals surface area contributed by atoms with E-state index in [2.05, 4.69) is 4.74 Å². The number of aliphatic hydroxyl groups excluding tert-OH is 1. The number of alkyl halides is 3. The fourth-order valence-electron chi connectivity index (χ4n) is 1.09. The van der Waals surface area contributed by atoms with Crippen LogP contribution in [0.5, 0.6) is 5.88 Å². The van der Waals surface area contributed by atoms with Crippen LogP contribution in [0.15, 0.2) is 10.9 Å². The zero-order chi connectivity index (χ0) is 11.6. The molecule has 84 valence electrons. The summed E-state index contributed by atoms with van der Waals surface area (Å²) in [7, 11) is 0. The van der Waals surface area contributed by atoms with Gasteiger partial charge in [-0.3, -0.25) is 9.78 Å². The minimum Gasteiger partial charge on any atom is -0.391 e. The van der Waals surface area contributed by atoms with Crippen LogP contribution in [0.2, 0.25) is 0 Å². The Labute approximate surface area is 82.3 Å². The molecule has 0 aliphatic rings. The van der Waals surface area contributed by atoms with Crippen LogP contribution in [0.4, 0.5) is 13.2 Å². The number of hydrogen-bond donors (Lipinski definition) is 2. The molecule has 0 spiro atoms. The van der Waals surface area contributed by atoms with E-state index in [9.17, 15) is 18.0 Å². The average molecular weight is 223 g/mol. The predicted molar refractivity (Wildman–Crippen MR) is 44.4 cm³/mol. The minimum absolute atomic E-state index is 0.0908. The number of hydrogen-bond acceptors (Lipinski definition) is 3. The van der Waals surface area contributed by atoms with E-state index in [-0.39, 0.29) is 11.1 Å². The third kappa shape index (κ3) is 2.98. The Balaban J connectivity index is 3.21. The van der Waals surface area contributed by atoms with Crippen molar-refractivity contribution in [2.24, 2.45) is 0 Å². The molecule has 0 unspecified atom stereocenters.